The fourth-order valence-electron chi connectivity index (χ4n) is 1.60. The SMILES string of the molecule is CCOc1ccc(S(=O)(=O)N[C@@H](CCSC)C(=O)[O-])cc1. The number of thioether (sulfide) groups is 1. The van der Waals surface area contributed by atoms with Gasteiger partial charge < -0.3 is 14.6 Å². The van der Waals surface area contributed by atoms with Crippen LogP contribution in [0.3, 0.4) is 0 Å². The van der Waals surface area contributed by atoms with Crippen LogP contribution in [0.25, 0.3) is 0 Å². The Morgan fingerprint density at radius 3 is 2.48 bits per heavy atom. The minimum atomic E-state index is -3.90. The van der Waals surface area contributed by atoms with Crippen LogP contribution >= 0.6 is 11.8 Å². The van der Waals surface area contributed by atoms with Crippen LogP contribution in [-0.2, 0) is 14.8 Å². The molecule has 0 fully saturated rings. The van der Waals surface area contributed by atoms with Crippen molar-refractivity contribution >= 4 is 27.8 Å². The van der Waals surface area contributed by atoms with E-state index in [4.69, 9.17) is 4.74 Å². The highest BCUT2D eigenvalue weighted by molar-refractivity contribution is 7.98. The first-order valence-electron chi connectivity index (χ1n) is 6.35. The fraction of sp³-hybridized carbons (Fsp3) is 0.462. The lowest BCUT2D eigenvalue weighted by Gasteiger charge is -2.19. The van der Waals surface area contributed by atoms with E-state index < -0.39 is 22.0 Å². The van der Waals surface area contributed by atoms with E-state index in [0.29, 0.717) is 18.1 Å². The average molecular weight is 332 g/mol. The number of hydrogen-bond acceptors (Lipinski definition) is 6. The first-order valence-corrected chi connectivity index (χ1v) is 9.23. The van der Waals surface area contributed by atoms with Gasteiger partial charge in [-0.3, -0.25) is 0 Å². The van der Waals surface area contributed by atoms with Gasteiger partial charge in [0, 0.05) is 0 Å². The molecule has 0 aromatic heterocycles. The number of nitrogens with one attached hydrogen (secondary N) is 1. The zero-order valence-electron chi connectivity index (χ0n) is 11.9. The lowest BCUT2D eigenvalue weighted by atomic mass is 10.2. The average Bonchev–Trinajstić information content (AvgIpc) is 2.44. The number of rotatable bonds is 9. The Kier molecular flexibility index (Phi) is 7.00. The normalized spacial score (nSPS) is 12.9. The Hall–Kier alpha value is -1.25. The quantitative estimate of drug-likeness (QED) is 0.696. The summed E-state index contributed by atoms with van der Waals surface area (Å²) in [5.74, 6) is -0.362. The largest absolute Gasteiger partial charge is 0.548 e. The number of carboxylic acids is 1. The summed E-state index contributed by atoms with van der Waals surface area (Å²) in [7, 11) is -3.90. The van der Waals surface area contributed by atoms with Crippen LogP contribution in [-0.4, -0.2) is 39.0 Å². The van der Waals surface area contributed by atoms with Gasteiger partial charge in [0.15, 0.2) is 0 Å². The molecule has 0 radical (unpaired) electrons. The van der Waals surface area contributed by atoms with Crippen LogP contribution in [0.1, 0.15) is 13.3 Å². The van der Waals surface area contributed by atoms with Gasteiger partial charge in [-0.2, -0.15) is 11.8 Å². The molecule has 1 N–H and O–H groups in total. The van der Waals surface area contributed by atoms with E-state index in [1.165, 1.54) is 36.0 Å². The summed E-state index contributed by atoms with van der Waals surface area (Å²) in [6.07, 6.45) is 1.98. The van der Waals surface area contributed by atoms with E-state index in [0.717, 1.165) is 0 Å². The van der Waals surface area contributed by atoms with Gasteiger partial charge >= 0.3 is 0 Å². The van der Waals surface area contributed by atoms with Crippen molar-refractivity contribution in [1.82, 2.24) is 4.72 Å². The Morgan fingerprint density at radius 2 is 2.00 bits per heavy atom. The molecule has 1 atom stereocenters. The molecular formula is C13H18NO5S2-. The summed E-state index contributed by atoms with van der Waals surface area (Å²) >= 11 is 1.43. The summed E-state index contributed by atoms with van der Waals surface area (Å²) in [6, 6.07) is 4.54. The first-order chi connectivity index (χ1) is 9.90. The lowest BCUT2D eigenvalue weighted by Crippen LogP contribution is -2.48. The van der Waals surface area contributed by atoms with Gasteiger partial charge in [0.1, 0.15) is 5.75 Å². The maximum atomic E-state index is 12.1. The minimum Gasteiger partial charge on any atom is -0.548 e. The van der Waals surface area contributed by atoms with Crippen molar-refractivity contribution in [2.24, 2.45) is 0 Å². The molecule has 0 spiro atoms. The van der Waals surface area contributed by atoms with Gasteiger partial charge in [-0.25, -0.2) is 13.1 Å². The summed E-state index contributed by atoms with van der Waals surface area (Å²) in [5, 5.41) is 11.0. The van der Waals surface area contributed by atoms with Gasteiger partial charge in [-0.05, 0) is 49.6 Å². The Labute approximate surface area is 128 Å². The van der Waals surface area contributed by atoms with Crippen molar-refractivity contribution in [3.05, 3.63) is 24.3 Å². The monoisotopic (exact) mass is 332 g/mol. The van der Waals surface area contributed by atoms with Crippen molar-refractivity contribution in [2.75, 3.05) is 18.6 Å². The molecule has 0 saturated carbocycles. The van der Waals surface area contributed by atoms with E-state index in [-0.39, 0.29) is 11.3 Å². The number of carbonyl (C=O) groups excluding carboxylic acids is 1. The summed E-state index contributed by atoms with van der Waals surface area (Å²) < 4.78 is 31.6. The fourth-order valence-corrected chi connectivity index (χ4v) is 3.29. The molecule has 1 aromatic rings. The first kappa shape index (κ1) is 17.8. The standard InChI is InChI=1S/C13H19NO5S2/c1-3-19-10-4-6-11(7-5-10)21(17,18)14-12(13(15)16)8-9-20-2/h4-7,12,14H,3,8-9H2,1-2H3,(H,15,16)/p-1/t12-/m0/s1. The molecule has 0 heterocycles. The molecule has 1 rings (SSSR count). The third-order valence-electron chi connectivity index (χ3n) is 2.64. The van der Waals surface area contributed by atoms with Crippen molar-refractivity contribution < 1.29 is 23.1 Å². The lowest BCUT2D eigenvalue weighted by molar-refractivity contribution is -0.308. The topological polar surface area (TPSA) is 95.5 Å². The third kappa shape index (κ3) is 5.56. The highest BCUT2D eigenvalue weighted by Gasteiger charge is 2.20. The molecule has 0 amide bonds. The smallest absolute Gasteiger partial charge is 0.241 e. The predicted octanol–water partition coefficient (Wildman–Crippen LogP) is 0.235. The van der Waals surface area contributed by atoms with E-state index in [9.17, 15) is 18.3 Å². The number of carboxylic acid groups (broad SMARTS) is 1. The molecule has 0 unspecified atom stereocenters. The second kappa shape index (κ2) is 8.26. The highest BCUT2D eigenvalue weighted by Crippen LogP contribution is 2.16. The minimum absolute atomic E-state index is 0.0126. The van der Waals surface area contributed by atoms with Crippen LogP contribution in [0, 0.1) is 0 Å². The number of carbonyl (C=O) groups is 1. The summed E-state index contributed by atoms with van der Waals surface area (Å²) in [5.41, 5.74) is 0. The van der Waals surface area contributed by atoms with Gasteiger partial charge in [0.2, 0.25) is 10.0 Å². The number of ether oxygens (including phenoxy) is 1. The predicted molar refractivity (Wildman–Crippen MR) is 79.7 cm³/mol. The molecule has 0 bridgehead atoms. The molecule has 6 nitrogen and oxygen atoms in total. The van der Waals surface area contributed by atoms with Crippen molar-refractivity contribution in [3.63, 3.8) is 0 Å². The van der Waals surface area contributed by atoms with Crippen LogP contribution in [0.15, 0.2) is 29.2 Å². The third-order valence-corrected chi connectivity index (χ3v) is 4.77. The molecule has 0 aliphatic carbocycles. The zero-order valence-corrected chi connectivity index (χ0v) is 13.5. The van der Waals surface area contributed by atoms with Gasteiger partial charge in [0.05, 0.1) is 23.5 Å². The number of hydrogen-bond donors (Lipinski definition) is 1. The number of aliphatic carboxylic acids is 1. The van der Waals surface area contributed by atoms with Crippen LogP contribution in [0.4, 0.5) is 0 Å². The Bertz CT molecular complexity index is 556. The van der Waals surface area contributed by atoms with Gasteiger partial charge in [-0.1, -0.05) is 0 Å². The van der Waals surface area contributed by atoms with Crippen molar-refractivity contribution in [1.29, 1.82) is 0 Å². The molecule has 1 aromatic carbocycles. The van der Waals surface area contributed by atoms with Gasteiger partial charge in [0.25, 0.3) is 0 Å². The van der Waals surface area contributed by atoms with Crippen molar-refractivity contribution in [2.45, 2.75) is 24.3 Å². The molecule has 0 aliphatic rings. The van der Waals surface area contributed by atoms with E-state index in [1.54, 1.807) is 0 Å². The Balaban J connectivity index is 2.85. The summed E-state index contributed by atoms with van der Waals surface area (Å²) in [4.78, 5) is 11.0. The van der Waals surface area contributed by atoms with E-state index in [1.807, 2.05) is 13.2 Å². The molecule has 0 saturated heterocycles. The second-order valence-corrected chi connectivity index (χ2v) is 6.88. The van der Waals surface area contributed by atoms with Crippen molar-refractivity contribution in [3.8, 4) is 5.75 Å². The van der Waals surface area contributed by atoms with Crippen LogP contribution in [0.2, 0.25) is 0 Å². The van der Waals surface area contributed by atoms with Crippen LogP contribution < -0.4 is 14.6 Å². The molecule has 118 valence electrons. The summed E-state index contributed by atoms with van der Waals surface area (Å²) in [6.45, 7) is 2.30. The van der Waals surface area contributed by atoms with Gasteiger partial charge in [-0.15, -0.1) is 0 Å². The Morgan fingerprint density at radius 1 is 1.38 bits per heavy atom. The molecule has 21 heavy (non-hydrogen) atoms. The maximum absolute atomic E-state index is 12.1. The van der Waals surface area contributed by atoms with E-state index >= 15 is 0 Å². The zero-order chi connectivity index (χ0) is 15.9. The number of benzene rings is 1. The second-order valence-electron chi connectivity index (χ2n) is 4.18. The maximum Gasteiger partial charge on any atom is 0.241 e. The highest BCUT2D eigenvalue weighted by atomic mass is 32.2. The molecular weight excluding hydrogens is 314 g/mol. The molecule has 0 aliphatic heterocycles. The van der Waals surface area contributed by atoms with E-state index in [2.05, 4.69) is 4.72 Å². The number of sulfonamides is 1. The van der Waals surface area contributed by atoms with Crippen LogP contribution in [0.5, 0.6) is 5.75 Å². The molecule has 8 heteroatoms.